The van der Waals surface area contributed by atoms with Gasteiger partial charge in [-0.2, -0.15) is 0 Å². The first kappa shape index (κ1) is 18.3. The van der Waals surface area contributed by atoms with Crippen molar-refractivity contribution in [2.45, 2.75) is 32.3 Å². The molecule has 0 N–H and O–H groups in total. The van der Waals surface area contributed by atoms with Crippen molar-refractivity contribution in [1.82, 2.24) is 9.55 Å². The Morgan fingerprint density at radius 2 is 2.00 bits per heavy atom. The van der Waals surface area contributed by atoms with Crippen molar-refractivity contribution in [3.05, 3.63) is 70.0 Å². The standard InChI is InChI=1S/C20H19N3O5/c1-20(2)27-12-14(28-20)11-22-17-15(9-6-10-16(17)23(25)26)21-19(22)18(24)13-7-4-3-5-8-13/h3-10,14H,11-12H2,1-2H3. The highest BCUT2D eigenvalue weighted by molar-refractivity contribution is 6.08. The van der Waals surface area contributed by atoms with Crippen molar-refractivity contribution in [3.8, 4) is 0 Å². The van der Waals surface area contributed by atoms with Crippen molar-refractivity contribution >= 4 is 22.5 Å². The van der Waals surface area contributed by atoms with Crippen molar-refractivity contribution < 1.29 is 19.2 Å². The summed E-state index contributed by atoms with van der Waals surface area (Å²) in [6.45, 7) is 4.15. The SMILES string of the molecule is CC1(C)OCC(Cn2c(C(=O)c3ccccc3)nc3cccc([N+](=O)[O-])c32)O1. The van der Waals surface area contributed by atoms with E-state index in [4.69, 9.17) is 9.47 Å². The van der Waals surface area contributed by atoms with E-state index in [0.717, 1.165) is 0 Å². The van der Waals surface area contributed by atoms with Gasteiger partial charge in [-0.3, -0.25) is 14.9 Å². The van der Waals surface area contributed by atoms with Crippen LogP contribution in [0.4, 0.5) is 5.69 Å². The molecule has 4 rings (SSSR count). The van der Waals surface area contributed by atoms with Crippen LogP contribution in [-0.4, -0.2) is 38.8 Å². The van der Waals surface area contributed by atoms with Crippen LogP contribution in [0, 0.1) is 10.1 Å². The summed E-state index contributed by atoms with van der Waals surface area (Å²) in [5.74, 6) is -0.899. The number of para-hydroxylation sites is 1. The number of rotatable bonds is 5. The molecule has 8 heteroatoms. The fourth-order valence-electron chi connectivity index (χ4n) is 3.44. The zero-order valence-corrected chi connectivity index (χ0v) is 15.5. The Morgan fingerprint density at radius 3 is 2.64 bits per heavy atom. The minimum atomic E-state index is -0.739. The van der Waals surface area contributed by atoms with Crippen LogP contribution in [0.25, 0.3) is 11.0 Å². The number of carbonyl (C=O) groups is 1. The van der Waals surface area contributed by atoms with Crippen LogP contribution < -0.4 is 0 Å². The fraction of sp³-hybridized carbons (Fsp3) is 0.300. The van der Waals surface area contributed by atoms with E-state index in [9.17, 15) is 14.9 Å². The van der Waals surface area contributed by atoms with Gasteiger partial charge in [0, 0.05) is 11.6 Å². The molecular weight excluding hydrogens is 362 g/mol. The molecule has 0 bridgehead atoms. The average molecular weight is 381 g/mol. The summed E-state index contributed by atoms with van der Waals surface area (Å²) in [6.07, 6.45) is -0.352. The summed E-state index contributed by atoms with van der Waals surface area (Å²) in [4.78, 5) is 28.6. The second-order valence-electron chi connectivity index (χ2n) is 7.09. The Balaban J connectivity index is 1.86. The number of nitro groups is 1. The van der Waals surface area contributed by atoms with E-state index in [0.29, 0.717) is 23.2 Å². The molecule has 1 aliphatic heterocycles. The minimum absolute atomic E-state index is 0.102. The number of fused-ring (bicyclic) bond motifs is 1. The lowest BCUT2D eigenvalue weighted by Crippen LogP contribution is -2.25. The maximum Gasteiger partial charge on any atom is 0.295 e. The summed E-state index contributed by atoms with van der Waals surface area (Å²) >= 11 is 0. The van der Waals surface area contributed by atoms with Gasteiger partial charge >= 0.3 is 0 Å². The van der Waals surface area contributed by atoms with Gasteiger partial charge in [-0.15, -0.1) is 0 Å². The highest BCUT2D eigenvalue weighted by Crippen LogP contribution is 2.30. The second-order valence-corrected chi connectivity index (χ2v) is 7.09. The third-order valence-corrected chi connectivity index (χ3v) is 4.63. The molecule has 1 atom stereocenters. The predicted octanol–water partition coefficient (Wildman–Crippen LogP) is 3.33. The first-order valence-corrected chi connectivity index (χ1v) is 8.91. The van der Waals surface area contributed by atoms with Crippen molar-refractivity contribution in [1.29, 1.82) is 0 Å². The quantitative estimate of drug-likeness (QED) is 0.382. The number of non-ortho nitro benzene ring substituents is 1. The summed E-state index contributed by atoms with van der Waals surface area (Å²) in [7, 11) is 0. The molecule has 1 saturated heterocycles. The van der Waals surface area contributed by atoms with Gasteiger partial charge in [-0.1, -0.05) is 36.4 Å². The molecule has 2 aromatic carbocycles. The van der Waals surface area contributed by atoms with Gasteiger partial charge in [0.05, 0.1) is 23.6 Å². The zero-order chi connectivity index (χ0) is 19.9. The van der Waals surface area contributed by atoms with Gasteiger partial charge in [-0.05, 0) is 19.9 Å². The Kier molecular flexibility index (Phi) is 4.44. The molecule has 2 heterocycles. The molecule has 0 aliphatic carbocycles. The van der Waals surface area contributed by atoms with Gasteiger partial charge in [0.25, 0.3) is 5.69 Å². The lowest BCUT2D eigenvalue weighted by molar-refractivity contribution is -0.383. The van der Waals surface area contributed by atoms with Crippen LogP contribution in [-0.2, 0) is 16.0 Å². The van der Waals surface area contributed by atoms with Gasteiger partial charge in [0.1, 0.15) is 11.6 Å². The molecule has 8 nitrogen and oxygen atoms in total. The molecule has 28 heavy (non-hydrogen) atoms. The molecule has 144 valence electrons. The molecule has 3 aromatic rings. The predicted molar refractivity (Wildman–Crippen MR) is 101 cm³/mol. The number of carbonyl (C=O) groups excluding carboxylic acids is 1. The smallest absolute Gasteiger partial charge is 0.295 e. The normalized spacial score (nSPS) is 18.4. The van der Waals surface area contributed by atoms with Crippen LogP contribution in [0.3, 0.4) is 0 Å². The summed E-state index contributed by atoms with van der Waals surface area (Å²) < 4.78 is 13.0. The first-order valence-electron chi connectivity index (χ1n) is 8.91. The molecule has 1 fully saturated rings. The van der Waals surface area contributed by atoms with E-state index in [1.165, 1.54) is 6.07 Å². The monoisotopic (exact) mass is 381 g/mol. The van der Waals surface area contributed by atoms with E-state index in [1.54, 1.807) is 54.8 Å². The Labute approximate surface area is 160 Å². The van der Waals surface area contributed by atoms with E-state index in [-0.39, 0.29) is 29.9 Å². The third-order valence-electron chi connectivity index (χ3n) is 4.63. The number of aromatic nitrogens is 2. The van der Waals surface area contributed by atoms with E-state index in [1.807, 2.05) is 6.07 Å². The Morgan fingerprint density at radius 1 is 1.25 bits per heavy atom. The molecule has 0 amide bonds. The number of nitrogens with zero attached hydrogens (tertiary/aromatic N) is 3. The van der Waals surface area contributed by atoms with E-state index >= 15 is 0 Å². The number of ketones is 1. The molecule has 0 spiro atoms. The van der Waals surface area contributed by atoms with Crippen molar-refractivity contribution in [3.63, 3.8) is 0 Å². The first-order chi connectivity index (χ1) is 13.4. The highest BCUT2D eigenvalue weighted by Gasteiger charge is 2.35. The fourth-order valence-corrected chi connectivity index (χ4v) is 3.44. The number of benzene rings is 2. The van der Waals surface area contributed by atoms with Crippen LogP contribution in [0.2, 0.25) is 0 Å². The van der Waals surface area contributed by atoms with E-state index in [2.05, 4.69) is 4.98 Å². The minimum Gasteiger partial charge on any atom is -0.348 e. The number of ether oxygens (including phenoxy) is 2. The third kappa shape index (κ3) is 3.28. The molecular formula is C20H19N3O5. The van der Waals surface area contributed by atoms with Gasteiger partial charge in [-0.25, -0.2) is 4.98 Å². The Hall–Kier alpha value is -3.10. The molecule has 1 unspecified atom stereocenters. The topological polar surface area (TPSA) is 96.5 Å². The number of hydrogen-bond donors (Lipinski definition) is 0. The molecule has 1 aromatic heterocycles. The van der Waals surface area contributed by atoms with Crippen LogP contribution >= 0.6 is 0 Å². The Bertz CT molecular complexity index is 1060. The summed E-state index contributed by atoms with van der Waals surface area (Å²) in [6, 6.07) is 13.4. The molecule has 0 radical (unpaired) electrons. The number of imidazole rings is 1. The van der Waals surface area contributed by atoms with Crippen molar-refractivity contribution in [2.75, 3.05) is 6.61 Å². The van der Waals surface area contributed by atoms with E-state index < -0.39 is 10.7 Å². The summed E-state index contributed by atoms with van der Waals surface area (Å²) in [5.41, 5.74) is 1.06. The maximum absolute atomic E-state index is 13.1. The molecule has 0 saturated carbocycles. The second kappa shape index (κ2) is 6.81. The van der Waals surface area contributed by atoms with Gasteiger partial charge in [0.2, 0.25) is 5.78 Å². The average Bonchev–Trinajstić information content (AvgIpc) is 3.21. The lowest BCUT2D eigenvalue weighted by Gasteiger charge is -2.18. The number of nitro benzene ring substituents is 1. The van der Waals surface area contributed by atoms with Gasteiger partial charge < -0.3 is 14.0 Å². The zero-order valence-electron chi connectivity index (χ0n) is 15.5. The number of hydrogen-bond acceptors (Lipinski definition) is 6. The summed E-state index contributed by atoms with van der Waals surface area (Å²) in [5, 5.41) is 11.6. The van der Waals surface area contributed by atoms with Crippen LogP contribution in [0.5, 0.6) is 0 Å². The van der Waals surface area contributed by atoms with Crippen LogP contribution in [0.1, 0.15) is 30.0 Å². The largest absolute Gasteiger partial charge is 0.348 e. The van der Waals surface area contributed by atoms with Gasteiger partial charge in [0.15, 0.2) is 11.6 Å². The lowest BCUT2D eigenvalue weighted by atomic mass is 10.1. The van der Waals surface area contributed by atoms with Crippen molar-refractivity contribution in [2.24, 2.45) is 0 Å². The highest BCUT2D eigenvalue weighted by atomic mass is 16.7. The maximum atomic E-state index is 13.1. The molecule has 1 aliphatic rings. The van der Waals surface area contributed by atoms with Crippen LogP contribution in [0.15, 0.2) is 48.5 Å².